The first kappa shape index (κ1) is 15.5. The second-order valence-corrected chi connectivity index (χ2v) is 5.45. The van der Waals surface area contributed by atoms with E-state index in [1.165, 1.54) is 0 Å². The number of anilines is 1. The van der Waals surface area contributed by atoms with Crippen LogP contribution in [0.3, 0.4) is 0 Å². The van der Waals surface area contributed by atoms with E-state index in [4.69, 9.17) is 9.47 Å². The van der Waals surface area contributed by atoms with Crippen molar-refractivity contribution < 1.29 is 14.3 Å². The molecule has 120 valence electrons. The lowest BCUT2D eigenvalue weighted by Gasteiger charge is -2.34. The molecule has 0 N–H and O–H groups in total. The number of aromatic nitrogens is 1. The molecule has 1 aliphatic heterocycles. The van der Waals surface area contributed by atoms with Crippen molar-refractivity contribution >= 4 is 11.6 Å². The summed E-state index contributed by atoms with van der Waals surface area (Å²) in [6.07, 6.45) is 0.926. The number of amides is 1. The highest BCUT2D eigenvalue weighted by atomic mass is 16.5. The number of hydrogen-bond donors (Lipinski definition) is 0. The molecule has 2 atom stereocenters. The average Bonchev–Trinajstić information content (AvgIpc) is 2.59. The number of carbonyl (C=O) groups excluding carboxylic acids is 1. The Kier molecular flexibility index (Phi) is 4.57. The second-order valence-electron chi connectivity index (χ2n) is 5.45. The number of pyridine rings is 1. The van der Waals surface area contributed by atoms with Crippen molar-refractivity contribution in [3.63, 3.8) is 0 Å². The van der Waals surface area contributed by atoms with Crippen LogP contribution in [0.5, 0.6) is 5.88 Å². The van der Waals surface area contributed by atoms with Crippen LogP contribution in [0.1, 0.15) is 25.5 Å². The van der Waals surface area contributed by atoms with Crippen LogP contribution in [-0.4, -0.2) is 30.1 Å². The maximum atomic E-state index is 13.1. The SMILES string of the molecule is CCO[C@@H](C(=O)N1C[C@@H](C)Oc2ncccc21)c1ccccc1. The minimum absolute atomic E-state index is 0.0950. The molecule has 0 saturated heterocycles. The van der Waals surface area contributed by atoms with Gasteiger partial charge in [0.25, 0.3) is 5.91 Å². The fraction of sp³-hybridized carbons (Fsp3) is 0.333. The molecule has 23 heavy (non-hydrogen) atoms. The minimum Gasteiger partial charge on any atom is -0.471 e. The van der Waals surface area contributed by atoms with E-state index in [-0.39, 0.29) is 12.0 Å². The van der Waals surface area contributed by atoms with Crippen LogP contribution >= 0.6 is 0 Å². The Morgan fingerprint density at radius 2 is 2.13 bits per heavy atom. The number of fused-ring (bicyclic) bond motifs is 1. The summed E-state index contributed by atoms with van der Waals surface area (Å²) in [7, 11) is 0. The first-order chi connectivity index (χ1) is 11.2. The molecule has 0 unspecified atom stereocenters. The zero-order valence-electron chi connectivity index (χ0n) is 13.3. The third kappa shape index (κ3) is 3.19. The van der Waals surface area contributed by atoms with Crippen molar-refractivity contribution in [2.45, 2.75) is 26.1 Å². The van der Waals surface area contributed by atoms with E-state index in [9.17, 15) is 4.79 Å². The van der Waals surface area contributed by atoms with Crippen molar-refractivity contribution in [1.82, 2.24) is 4.98 Å². The Labute approximate surface area is 135 Å². The number of hydrogen-bond acceptors (Lipinski definition) is 4. The molecule has 2 aromatic rings. The molecule has 0 bridgehead atoms. The maximum Gasteiger partial charge on any atom is 0.261 e. The molecule has 0 fully saturated rings. The van der Waals surface area contributed by atoms with Gasteiger partial charge in [0.1, 0.15) is 11.8 Å². The minimum atomic E-state index is -0.625. The van der Waals surface area contributed by atoms with Crippen molar-refractivity contribution in [3.8, 4) is 5.88 Å². The summed E-state index contributed by atoms with van der Waals surface area (Å²) in [5.74, 6) is 0.394. The van der Waals surface area contributed by atoms with Gasteiger partial charge < -0.3 is 14.4 Å². The molecule has 0 aliphatic carbocycles. The van der Waals surface area contributed by atoms with Crippen LogP contribution in [0.25, 0.3) is 0 Å². The Bertz CT molecular complexity index is 675. The molecule has 5 heteroatoms. The van der Waals surface area contributed by atoms with E-state index < -0.39 is 6.10 Å². The third-order valence-corrected chi connectivity index (χ3v) is 3.72. The zero-order chi connectivity index (χ0) is 16.2. The molecule has 3 rings (SSSR count). The van der Waals surface area contributed by atoms with Crippen LogP contribution in [-0.2, 0) is 9.53 Å². The molecule has 0 radical (unpaired) electrons. The first-order valence-electron chi connectivity index (χ1n) is 7.80. The summed E-state index contributed by atoms with van der Waals surface area (Å²) in [6.45, 7) is 4.76. The molecular formula is C18H20N2O3. The summed E-state index contributed by atoms with van der Waals surface area (Å²) in [5, 5.41) is 0. The fourth-order valence-electron chi connectivity index (χ4n) is 2.72. The summed E-state index contributed by atoms with van der Waals surface area (Å²) >= 11 is 0. The van der Waals surface area contributed by atoms with Gasteiger partial charge in [0.05, 0.1) is 6.54 Å². The third-order valence-electron chi connectivity index (χ3n) is 3.72. The van der Waals surface area contributed by atoms with E-state index in [1.807, 2.05) is 50.2 Å². The van der Waals surface area contributed by atoms with Gasteiger partial charge in [0.2, 0.25) is 5.88 Å². The monoisotopic (exact) mass is 312 g/mol. The second kappa shape index (κ2) is 6.79. The maximum absolute atomic E-state index is 13.1. The number of carbonyl (C=O) groups is 1. The summed E-state index contributed by atoms with van der Waals surface area (Å²) in [5.41, 5.74) is 1.54. The largest absolute Gasteiger partial charge is 0.471 e. The van der Waals surface area contributed by atoms with E-state index in [0.29, 0.717) is 24.7 Å². The van der Waals surface area contributed by atoms with Crippen LogP contribution < -0.4 is 9.64 Å². The molecule has 0 saturated carbocycles. The lowest BCUT2D eigenvalue weighted by atomic mass is 10.1. The summed E-state index contributed by atoms with van der Waals surface area (Å²) < 4.78 is 11.5. The Balaban J connectivity index is 1.94. The van der Waals surface area contributed by atoms with Gasteiger partial charge in [-0.05, 0) is 31.5 Å². The van der Waals surface area contributed by atoms with Gasteiger partial charge in [-0.15, -0.1) is 0 Å². The van der Waals surface area contributed by atoms with Gasteiger partial charge in [-0.3, -0.25) is 4.79 Å². The normalized spacial score (nSPS) is 18.0. The quantitative estimate of drug-likeness (QED) is 0.871. The van der Waals surface area contributed by atoms with Crippen LogP contribution in [0.2, 0.25) is 0 Å². The van der Waals surface area contributed by atoms with Crippen molar-refractivity contribution in [2.75, 3.05) is 18.1 Å². The van der Waals surface area contributed by atoms with Gasteiger partial charge in [-0.2, -0.15) is 0 Å². The van der Waals surface area contributed by atoms with E-state index >= 15 is 0 Å². The Hall–Kier alpha value is -2.40. The predicted molar refractivity (Wildman–Crippen MR) is 87.5 cm³/mol. The van der Waals surface area contributed by atoms with Crippen LogP contribution in [0.15, 0.2) is 48.7 Å². The van der Waals surface area contributed by atoms with E-state index in [0.717, 1.165) is 5.56 Å². The number of benzene rings is 1. The van der Waals surface area contributed by atoms with Gasteiger partial charge in [0.15, 0.2) is 6.10 Å². The summed E-state index contributed by atoms with van der Waals surface area (Å²) in [4.78, 5) is 19.1. The van der Waals surface area contributed by atoms with Gasteiger partial charge in [0, 0.05) is 12.8 Å². The predicted octanol–water partition coefficient (Wildman–Crippen LogP) is 2.97. The molecular weight excluding hydrogens is 292 g/mol. The average molecular weight is 312 g/mol. The molecule has 2 heterocycles. The highest BCUT2D eigenvalue weighted by Gasteiger charge is 2.33. The van der Waals surface area contributed by atoms with Crippen molar-refractivity contribution in [1.29, 1.82) is 0 Å². The Morgan fingerprint density at radius 1 is 1.35 bits per heavy atom. The molecule has 1 amide bonds. The van der Waals surface area contributed by atoms with Crippen LogP contribution in [0.4, 0.5) is 5.69 Å². The highest BCUT2D eigenvalue weighted by Crippen LogP contribution is 2.33. The number of rotatable bonds is 4. The Morgan fingerprint density at radius 3 is 2.87 bits per heavy atom. The smallest absolute Gasteiger partial charge is 0.261 e. The van der Waals surface area contributed by atoms with Gasteiger partial charge in [-0.1, -0.05) is 30.3 Å². The fourth-order valence-corrected chi connectivity index (χ4v) is 2.72. The van der Waals surface area contributed by atoms with Crippen molar-refractivity contribution in [3.05, 3.63) is 54.2 Å². The molecule has 0 spiro atoms. The standard InChI is InChI=1S/C18H20N2O3/c1-3-22-16(14-8-5-4-6-9-14)18(21)20-12-13(2)23-17-15(20)10-7-11-19-17/h4-11,13,16H,3,12H2,1-2H3/t13-,16-/m1/s1. The highest BCUT2D eigenvalue weighted by molar-refractivity contribution is 5.98. The molecule has 1 aliphatic rings. The van der Waals surface area contributed by atoms with Crippen LogP contribution in [0, 0.1) is 0 Å². The van der Waals surface area contributed by atoms with E-state index in [2.05, 4.69) is 4.98 Å². The topological polar surface area (TPSA) is 51.7 Å². The molecule has 5 nitrogen and oxygen atoms in total. The van der Waals surface area contributed by atoms with Gasteiger partial charge in [-0.25, -0.2) is 4.98 Å². The zero-order valence-corrected chi connectivity index (χ0v) is 13.3. The van der Waals surface area contributed by atoms with Gasteiger partial charge >= 0.3 is 0 Å². The first-order valence-corrected chi connectivity index (χ1v) is 7.80. The summed E-state index contributed by atoms with van der Waals surface area (Å²) in [6, 6.07) is 13.2. The lowest BCUT2D eigenvalue weighted by Crippen LogP contribution is -2.45. The lowest BCUT2D eigenvalue weighted by molar-refractivity contribution is -0.130. The van der Waals surface area contributed by atoms with E-state index in [1.54, 1.807) is 17.2 Å². The molecule has 1 aromatic carbocycles. The molecule has 1 aromatic heterocycles. The number of ether oxygens (including phenoxy) is 2. The number of nitrogens with zero attached hydrogens (tertiary/aromatic N) is 2. The van der Waals surface area contributed by atoms with Crippen molar-refractivity contribution in [2.24, 2.45) is 0 Å².